The van der Waals surface area contributed by atoms with Crippen molar-refractivity contribution in [1.29, 1.82) is 0 Å². The predicted octanol–water partition coefficient (Wildman–Crippen LogP) is 1.43. The average molecular weight is 486 g/mol. The molecular weight excluding hydrogens is 471 g/mol. The summed E-state index contributed by atoms with van der Waals surface area (Å²) in [6.45, 7) is 30.8. The summed E-state index contributed by atoms with van der Waals surface area (Å²) in [5.74, 6) is 2.41. The van der Waals surface area contributed by atoms with Crippen molar-refractivity contribution in [2.45, 2.75) is 20.0 Å². The zero-order chi connectivity index (χ0) is 21.4. The minimum absolute atomic E-state index is 0. The number of rotatable bonds is 1. The molecule has 0 saturated heterocycles. The molecule has 0 spiro atoms. The van der Waals surface area contributed by atoms with Crippen LogP contribution in [-0.2, 0) is 65.8 Å². The van der Waals surface area contributed by atoms with Gasteiger partial charge in [0, 0.05) is 37.8 Å². The van der Waals surface area contributed by atoms with E-state index in [-0.39, 0.29) is 43.8 Å². The van der Waals surface area contributed by atoms with E-state index in [1.807, 2.05) is 46.0 Å². The van der Waals surface area contributed by atoms with Crippen LogP contribution in [0.25, 0.3) is 0 Å². The fraction of sp³-hybridized carbons (Fsp3) is 0.235. The van der Waals surface area contributed by atoms with Gasteiger partial charge in [-0.15, -0.1) is 6.42 Å². The van der Waals surface area contributed by atoms with Gasteiger partial charge in [0.2, 0.25) is 0 Å². The second-order valence-corrected chi connectivity index (χ2v) is 2.82. The first-order valence-electron chi connectivity index (χ1n) is 5.21. The number of aliphatic hydroxyl groups excluding tert-OH is 1. The topological polar surface area (TPSA) is 140 Å². The van der Waals surface area contributed by atoms with Crippen LogP contribution in [0.4, 0.5) is 0 Å². The van der Waals surface area contributed by atoms with Crippen molar-refractivity contribution < 1.29 is 70.9 Å². The van der Waals surface area contributed by atoms with Crippen molar-refractivity contribution in [3.05, 3.63) is 72.0 Å². The molecule has 1 aliphatic rings. The van der Waals surface area contributed by atoms with Crippen molar-refractivity contribution in [2.24, 2.45) is 5.92 Å². The molecule has 26 heavy (non-hydrogen) atoms. The second-order valence-electron chi connectivity index (χ2n) is 2.82. The molecule has 1 fully saturated rings. The van der Waals surface area contributed by atoms with E-state index in [0.717, 1.165) is 0 Å². The summed E-state index contributed by atoms with van der Waals surface area (Å²) in [5, 5.41) is 8.70. The largest absolute Gasteiger partial charge is 0.0312 e. The normalized spacial score (nSPS) is 8.73. The SMILES string of the molecule is C#C[C@@H](O)C(C)C.[C-]#[O+].[C-]#[O+].[C-]#[O+].[C-]#[O+].[C-]#[O+].[C-]#[O+].[CH]1[CH][CH][CH][CH]1.[Co].[Mo]. The Morgan fingerprint density at radius 2 is 0.846 bits per heavy atom. The number of terminal acetylenes is 1. The van der Waals surface area contributed by atoms with E-state index in [1.165, 1.54) is 0 Å². The summed E-state index contributed by atoms with van der Waals surface area (Å²) < 4.78 is 45.0. The van der Waals surface area contributed by atoms with Gasteiger partial charge in [0.25, 0.3) is 0 Å². The van der Waals surface area contributed by atoms with E-state index in [9.17, 15) is 0 Å². The Balaban J connectivity index is -0.0000000195. The van der Waals surface area contributed by atoms with Gasteiger partial charge in [0.15, 0.2) is 0 Å². The second kappa shape index (κ2) is 104. The quantitative estimate of drug-likeness (QED) is 0.255. The average Bonchev–Trinajstić information content (AvgIpc) is 3.30. The van der Waals surface area contributed by atoms with Crippen molar-refractivity contribution in [3.8, 4) is 12.3 Å². The van der Waals surface area contributed by atoms with Gasteiger partial charge in [-0.05, 0) is 38.0 Å². The van der Waals surface area contributed by atoms with E-state index >= 15 is 0 Å². The third kappa shape index (κ3) is 110. The van der Waals surface area contributed by atoms with Crippen LogP contribution in [0.15, 0.2) is 0 Å². The van der Waals surface area contributed by atoms with E-state index in [4.69, 9.17) is 39.4 Å². The maximum absolute atomic E-state index is 8.70. The van der Waals surface area contributed by atoms with Gasteiger partial charge in [-0.25, -0.2) is 0 Å². The molecule has 0 heterocycles. The molecule has 0 bridgehead atoms. The molecule has 6 radical (unpaired) electrons. The fourth-order valence-corrected chi connectivity index (χ4v) is 0.513. The first-order chi connectivity index (χ1) is 11.7. The van der Waals surface area contributed by atoms with Crippen LogP contribution in [0, 0.1) is 90.3 Å². The van der Waals surface area contributed by atoms with Crippen LogP contribution in [-0.4, -0.2) is 11.2 Å². The molecule has 1 aliphatic carbocycles. The molecule has 0 amide bonds. The molecular formula is C17H15CoMoO7. The summed E-state index contributed by atoms with van der Waals surface area (Å²) in [4.78, 5) is 0. The molecule has 0 aromatic heterocycles. The molecule has 9 heteroatoms. The molecule has 7 nitrogen and oxygen atoms in total. The van der Waals surface area contributed by atoms with Crippen LogP contribution in [0.2, 0.25) is 0 Å². The summed E-state index contributed by atoms with van der Waals surface area (Å²) in [6.07, 6.45) is 14.3. The fourth-order valence-electron chi connectivity index (χ4n) is 0.513. The predicted molar refractivity (Wildman–Crippen MR) is 74.8 cm³/mol. The van der Waals surface area contributed by atoms with E-state index < -0.39 is 6.10 Å². The molecule has 1 rings (SSSR count). The van der Waals surface area contributed by atoms with Gasteiger partial charge in [-0.3, -0.25) is 0 Å². The van der Waals surface area contributed by atoms with E-state index in [0.29, 0.717) is 0 Å². The van der Waals surface area contributed by atoms with Gasteiger partial charge in [-0.1, -0.05) is 19.8 Å². The van der Waals surface area contributed by atoms with Crippen LogP contribution < -0.4 is 0 Å². The third-order valence-electron chi connectivity index (χ3n) is 1.36. The minimum atomic E-state index is -0.569. The summed E-state index contributed by atoms with van der Waals surface area (Å²) in [7, 11) is 0. The van der Waals surface area contributed by atoms with Crippen molar-refractivity contribution in [3.63, 3.8) is 0 Å². The first kappa shape index (κ1) is 56.2. The number of hydrogen-bond donors (Lipinski definition) is 1. The van der Waals surface area contributed by atoms with Crippen molar-refractivity contribution >= 4 is 0 Å². The van der Waals surface area contributed by atoms with Crippen LogP contribution in [0.1, 0.15) is 13.8 Å². The monoisotopic (exact) mass is 488 g/mol. The summed E-state index contributed by atoms with van der Waals surface area (Å²) in [5.41, 5.74) is 0. The van der Waals surface area contributed by atoms with E-state index in [2.05, 4.69) is 45.8 Å². The molecule has 0 aromatic rings. The Kier molecular flexibility index (Phi) is 225. The molecule has 0 aromatic carbocycles. The molecule has 1 atom stereocenters. The van der Waals surface area contributed by atoms with Crippen LogP contribution >= 0.6 is 0 Å². The van der Waals surface area contributed by atoms with Crippen molar-refractivity contribution in [1.82, 2.24) is 0 Å². The van der Waals surface area contributed by atoms with Gasteiger partial charge >= 0.3 is 67.8 Å². The molecule has 1 saturated carbocycles. The Hall–Kier alpha value is -0.845. The Morgan fingerprint density at radius 3 is 0.885 bits per heavy atom. The van der Waals surface area contributed by atoms with Crippen LogP contribution in [0.5, 0.6) is 0 Å². The zero-order valence-electron chi connectivity index (χ0n) is 13.8. The Bertz CT molecular complexity index is 294. The smallest absolute Gasteiger partial charge is 0 e. The summed E-state index contributed by atoms with van der Waals surface area (Å²) in [6, 6.07) is 0. The molecule has 0 unspecified atom stereocenters. The molecule has 0 aliphatic heterocycles. The van der Waals surface area contributed by atoms with Gasteiger partial charge < -0.3 is 5.11 Å². The molecule has 140 valence electrons. The Morgan fingerprint density at radius 1 is 0.692 bits per heavy atom. The van der Waals surface area contributed by atoms with Crippen molar-refractivity contribution in [2.75, 3.05) is 0 Å². The van der Waals surface area contributed by atoms with Gasteiger partial charge in [0.05, 0.1) is 0 Å². The first-order valence-corrected chi connectivity index (χ1v) is 5.21. The third-order valence-corrected chi connectivity index (χ3v) is 1.36. The minimum Gasteiger partial charge on any atom is -0.0312 e. The Labute approximate surface area is 180 Å². The van der Waals surface area contributed by atoms with Gasteiger partial charge in [0.1, 0.15) is 6.10 Å². The number of aliphatic hydroxyl groups is 1. The van der Waals surface area contributed by atoms with Gasteiger partial charge in [-0.2, -0.15) is 0 Å². The number of hydrogen-bond acceptors (Lipinski definition) is 1. The maximum atomic E-state index is 8.70. The zero-order valence-corrected chi connectivity index (χ0v) is 16.8. The standard InChI is InChI=1S/C6H10O.C5H5.6CO.Co.Mo/c1-4-6(7)5(2)3;1-2-4-5-3-1;6*1-2;;/h1,5-7H,2-3H3;1-5H;;;;;;;;/t6-;;;;;;;;;/m1........./s1. The van der Waals surface area contributed by atoms with Crippen LogP contribution in [0.3, 0.4) is 0 Å². The molecule has 1 N–H and O–H groups in total. The summed E-state index contributed by atoms with van der Waals surface area (Å²) >= 11 is 0. The maximum Gasteiger partial charge on any atom is 0 e. The van der Waals surface area contributed by atoms with E-state index in [1.54, 1.807) is 0 Å².